The molecule has 8 heteroatoms. The van der Waals surface area contributed by atoms with Crippen molar-refractivity contribution >= 4 is 17.8 Å². The highest BCUT2D eigenvalue weighted by Gasteiger charge is 2.26. The number of methoxy groups -OCH3 is 1. The number of ether oxygens (including phenoxy) is 1. The summed E-state index contributed by atoms with van der Waals surface area (Å²) in [7, 11) is 3.63. The maximum atomic E-state index is 12.4. The van der Waals surface area contributed by atoms with Crippen LogP contribution in [0.15, 0.2) is 24.3 Å². The molecule has 8 nitrogen and oxygen atoms in total. The molecule has 0 radical (unpaired) electrons. The van der Waals surface area contributed by atoms with Crippen molar-refractivity contribution in [1.29, 1.82) is 0 Å². The molecule has 0 spiro atoms. The summed E-state index contributed by atoms with van der Waals surface area (Å²) >= 11 is 0. The lowest BCUT2D eigenvalue weighted by Crippen LogP contribution is -2.41. The number of nitrogens with zero attached hydrogens (tertiary/aromatic N) is 2. The van der Waals surface area contributed by atoms with Crippen LogP contribution in [-0.4, -0.2) is 71.7 Å². The van der Waals surface area contributed by atoms with E-state index >= 15 is 0 Å². The van der Waals surface area contributed by atoms with Gasteiger partial charge in [-0.05, 0) is 50.0 Å². The first-order chi connectivity index (χ1) is 13.8. The van der Waals surface area contributed by atoms with E-state index in [4.69, 9.17) is 24.5 Å². The van der Waals surface area contributed by atoms with Gasteiger partial charge in [0.2, 0.25) is 5.91 Å². The Morgan fingerprint density at radius 1 is 1.10 bits per heavy atom. The Morgan fingerprint density at radius 3 is 2.10 bits per heavy atom. The lowest BCUT2D eigenvalue weighted by Gasteiger charge is -2.33. The van der Waals surface area contributed by atoms with Crippen molar-refractivity contribution in [3.8, 4) is 5.75 Å². The Balaban J connectivity index is 0.000000612. The molecule has 0 aromatic heterocycles. The quantitative estimate of drug-likeness (QED) is 0.667. The molecule has 29 heavy (non-hydrogen) atoms. The predicted molar refractivity (Wildman–Crippen MR) is 109 cm³/mol. The summed E-state index contributed by atoms with van der Waals surface area (Å²) in [6.07, 6.45) is 4.19. The largest absolute Gasteiger partial charge is 0.497 e. The minimum Gasteiger partial charge on any atom is -0.497 e. The molecule has 0 atom stereocenters. The number of carbonyl (C=O) groups excluding carboxylic acids is 1. The lowest BCUT2D eigenvalue weighted by molar-refractivity contribution is -0.159. The number of benzene rings is 1. The van der Waals surface area contributed by atoms with Crippen LogP contribution >= 0.6 is 0 Å². The van der Waals surface area contributed by atoms with E-state index < -0.39 is 11.9 Å². The molecule has 1 aliphatic heterocycles. The summed E-state index contributed by atoms with van der Waals surface area (Å²) in [5.74, 6) is -2.20. The van der Waals surface area contributed by atoms with Gasteiger partial charge in [-0.2, -0.15) is 0 Å². The van der Waals surface area contributed by atoms with Gasteiger partial charge in [0.25, 0.3) is 0 Å². The van der Waals surface area contributed by atoms with Crippen molar-refractivity contribution < 1.29 is 29.3 Å². The van der Waals surface area contributed by atoms with Crippen molar-refractivity contribution in [2.24, 2.45) is 5.92 Å². The molecule has 1 saturated heterocycles. The SMILES string of the molecule is CCCCN(C)C(=O)C1CCN(Cc2ccc(OC)cc2)CC1.O=C(O)C(=O)O. The number of unbranched alkanes of at least 4 members (excludes halogenated alkanes) is 1. The molecule has 1 aromatic rings. The summed E-state index contributed by atoms with van der Waals surface area (Å²) in [6, 6.07) is 8.26. The average Bonchev–Trinajstić information content (AvgIpc) is 2.73. The second kappa shape index (κ2) is 12.8. The second-order valence-corrected chi connectivity index (χ2v) is 7.12. The molecule has 1 aliphatic rings. The van der Waals surface area contributed by atoms with Crippen LogP contribution in [0.3, 0.4) is 0 Å². The standard InChI is InChI=1S/C19H30N2O2.C2H2O4/c1-4-5-12-20(2)19(22)17-10-13-21(14-11-17)15-16-6-8-18(23-3)9-7-16;3-1(4)2(5)6/h6-9,17H,4-5,10-15H2,1-3H3;(H,3,4)(H,5,6). The molecular formula is C21H32N2O6. The average molecular weight is 408 g/mol. The first-order valence-electron chi connectivity index (χ1n) is 9.84. The van der Waals surface area contributed by atoms with Crippen molar-refractivity contribution in [2.45, 2.75) is 39.2 Å². The third-order valence-corrected chi connectivity index (χ3v) is 4.91. The maximum Gasteiger partial charge on any atom is 0.414 e. The highest BCUT2D eigenvalue weighted by atomic mass is 16.5. The number of aliphatic carboxylic acids is 2. The van der Waals surface area contributed by atoms with Crippen LogP contribution in [0, 0.1) is 5.92 Å². The first-order valence-corrected chi connectivity index (χ1v) is 9.84. The zero-order valence-electron chi connectivity index (χ0n) is 17.5. The molecule has 0 aliphatic carbocycles. The Labute approximate surface area is 172 Å². The molecule has 1 aromatic carbocycles. The van der Waals surface area contributed by atoms with Crippen LogP contribution in [-0.2, 0) is 20.9 Å². The monoisotopic (exact) mass is 408 g/mol. The number of likely N-dealkylation sites (tertiary alicyclic amines) is 1. The molecule has 2 N–H and O–H groups in total. The van der Waals surface area contributed by atoms with E-state index in [1.807, 2.05) is 24.1 Å². The molecule has 162 valence electrons. The van der Waals surface area contributed by atoms with Crippen LogP contribution in [0.25, 0.3) is 0 Å². The summed E-state index contributed by atoms with van der Waals surface area (Å²) in [4.78, 5) is 35.0. The summed E-state index contributed by atoms with van der Waals surface area (Å²) in [5, 5.41) is 14.8. The Hall–Kier alpha value is -2.61. The topological polar surface area (TPSA) is 107 Å². The van der Waals surface area contributed by atoms with Crippen LogP contribution in [0.5, 0.6) is 5.75 Å². The zero-order valence-corrected chi connectivity index (χ0v) is 17.5. The Bertz CT molecular complexity index is 642. The van der Waals surface area contributed by atoms with Gasteiger partial charge in [0.15, 0.2) is 0 Å². The number of hydrogen-bond acceptors (Lipinski definition) is 5. The number of carboxylic acids is 2. The fraction of sp³-hybridized carbons (Fsp3) is 0.571. The van der Waals surface area contributed by atoms with E-state index in [0.717, 1.165) is 57.6 Å². The zero-order chi connectivity index (χ0) is 21.8. The van der Waals surface area contributed by atoms with Crippen molar-refractivity contribution in [1.82, 2.24) is 9.80 Å². The summed E-state index contributed by atoms with van der Waals surface area (Å²) in [5.41, 5.74) is 1.30. The van der Waals surface area contributed by atoms with Crippen LogP contribution < -0.4 is 4.74 Å². The fourth-order valence-electron chi connectivity index (χ4n) is 3.14. The van der Waals surface area contributed by atoms with Gasteiger partial charge < -0.3 is 19.8 Å². The van der Waals surface area contributed by atoms with E-state index in [1.165, 1.54) is 5.56 Å². The highest BCUT2D eigenvalue weighted by Crippen LogP contribution is 2.21. The normalized spacial score (nSPS) is 14.4. The number of carboxylic acid groups (broad SMARTS) is 2. The van der Waals surface area contributed by atoms with Gasteiger partial charge in [0.05, 0.1) is 7.11 Å². The van der Waals surface area contributed by atoms with E-state index in [2.05, 4.69) is 24.0 Å². The first kappa shape index (κ1) is 24.4. The fourth-order valence-corrected chi connectivity index (χ4v) is 3.14. The van der Waals surface area contributed by atoms with Gasteiger partial charge in [-0.25, -0.2) is 9.59 Å². The Morgan fingerprint density at radius 2 is 1.66 bits per heavy atom. The van der Waals surface area contributed by atoms with E-state index in [1.54, 1.807) is 7.11 Å². The van der Waals surface area contributed by atoms with Crippen molar-refractivity contribution in [2.75, 3.05) is 33.8 Å². The third-order valence-electron chi connectivity index (χ3n) is 4.91. The van der Waals surface area contributed by atoms with Gasteiger partial charge in [-0.3, -0.25) is 9.69 Å². The maximum absolute atomic E-state index is 12.4. The predicted octanol–water partition coefficient (Wildman–Crippen LogP) is 2.32. The molecule has 1 fully saturated rings. The van der Waals surface area contributed by atoms with E-state index in [0.29, 0.717) is 5.91 Å². The third kappa shape index (κ3) is 8.95. The van der Waals surface area contributed by atoms with Crippen LogP contribution in [0.4, 0.5) is 0 Å². The number of rotatable bonds is 7. The van der Waals surface area contributed by atoms with Crippen LogP contribution in [0.2, 0.25) is 0 Å². The smallest absolute Gasteiger partial charge is 0.414 e. The number of carbonyl (C=O) groups is 3. The molecular weight excluding hydrogens is 376 g/mol. The number of piperidine rings is 1. The Kier molecular flexibility index (Phi) is 10.8. The van der Waals surface area contributed by atoms with Gasteiger partial charge in [-0.1, -0.05) is 25.5 Å². The number of hydrogen-bond donors (Lipinski definition) is 2. The lowest BCUT2D eigenvalue weighted by atomic mass is 9.95. The van der Waals surface area contributed by atoms with Gasteiger partial charge in [-0.15, -0.1) is 0 Å². The second-order valence-electron chi connectivity index (χ2n) is 7.12. The summed E-state index contributed by atoms with van der Waals surface area (Å²) < 4.78 is 5.19. The number of amides is 1. The minimum atomic E-state index is -1.82. The van der Waals surface area contributed by atoms with E-state index in [-0.39, 0.29) is 5.92 Å². The molecule has 2 rings (SSSR count). The highest BCUT2D eigenvalue weighted by molar-refractivity contribution is 6.27. The van der Waals surface area contributed by atoms with Crippen molar-refractivity contribution in [3.05, 3.63) is 29.8 Å². The van der Waals surface area contributed by atoms with Crippen LogP contribution in [0.1, 0.15) is 38.2 Å². The molecule has 1 heterocycles. The van der Waals surface area contributed by atoms with Gasteiger partial charge in [0, 0.05) is 26.1 Å². The van der Waals surface area contributed by atoms with Gasteiger partial charge >= 0.3 is 11.9 Å². The molecule has 0 saturated carbocycles. The summed E-state index contributed by atoms with van der Waals surface area (Å²) in [6.45, 7) is 6.02. The van der Waals surface area contributed by atoms with E-state index in [9.17, 15) is 4.79 Å². The minimum absolute atomic E-state index is 0.212. The molecule has 1 amide bonds. The molecule has 0 unspecified atom stereocenters. The molecule has 0 bridgehead atoms. The van der Waals surface area contributed by atoms with Gasteiger partial charge in [0.1, 0.15) is 5.75 Å². The van der Waals surface area contributed by atoms with Crippen molar-refractivity contribution in [3.63, 3.8) is 0 Å².